The molecule has 1 atom stereocenters. The zero-order chi connectivity index (χ0) is 21.3. The van der Waals surface area contributed by atoms with Crippen molar-refractivity contribution in [3.05, 3.63) is 95.3 Å². The predicted octanol–water partition coefficient (Wildman–Crippen LogP) is 4.02. The summed E-state index contributed by atoms with van der Waals surface area (Å²) in [4.78, 5) is 31.6. The van der Waals surface area contributed by atoms with Crippen LogP contribution in [0.1, 0.15) is 22.7 Å². The van der Waals surface area contributed by atoms with Crippen molar-refractivity contribution in [1.29, 1.82) is 0 Å². The molecule has 1 unspecified atom stereocenters. The molecule has 1 aromatic heterocycles. The molecule has 1 saturated heterocycles. The lowest BCUT2D eigenvalue weighted by Gasteiger charge is -2.25. The summed E-state index contributed by atoms with van der Waals surface area (Å²) >= 11 is 0. The zero-order valence-corrected chi connectivity index (χ0v) is 16.6. The Bertz CT molecular complexity index is 1140. The molecule has 1 amide bonds. The zero-order valence-electron chi connectivity index (χ0n) is 16.6. The molecule has 6 nitrogen and oxygen atoms in total. The van der Waals surface area contributed by atoms with E-state index in [-0.39, 0.29) is 11.3 Å². The first-order chi connectivity index (χ1) is 14.5. The minimum atomic E-state index is -0.789. The number of para-hydroxylation sites is 1. The third-order valence-electron chi connectivity index (χ3n) is 5.17. The molecular weight excluding hydrogens is 380 g/mol. The Hall–Kier alpha value is -3.93. The fraction of sp³-hybridized carbons (Fsp3) is 0.125. The summed E-state index contributed by atoms with van der Waals surface area (Å²) in [7, 11) is 1.56. The van der Waals surface area contributed by atoms with Crippen LogP contribution in [0.15, 0.2) is 78.6 Å². The van der Waals surface area contributed by atoms with Crippen LogP contribution in [0.5, 0.6) is 5.75 Å². The number of aryl methyl sites for hydroxylation is 1. The molecule has 1 aliphatic heterocycles. The number of ether oxygens (including phenoxy) is 1. The average molecular weight is 400 g/mol. The molecule has 1 aliphatic rings. The Morgan fingerprint density at radius 2 is 1.83 bits per heavy atom. The maximum Gasteiger partial charge on any atom is 0.300 e. The number of anilines is 1. The van der Waals surface area contributed by atoms with Crippen LogP contribution in [0.25, 0.3) is 5.76 Å². The minimum absolute atomic E-state index is 0.0325. The van der Waals surface area contributed by atoms with Gasteiger partial charge in [-0.05, 0) is 54.4 Å². The minimum Gasteiger partial charge on any atom is -0.507 e. The quantitative estimate of drug-likeness (QED) is 0.406. The van der Waals surface area contributed by atoms with Gasteiger partial charge in [0.05, 0.1) is 18.7 Å². The number of benzene rings is 2. The number of carbonyl (C=O) groups excluding carboxylic acids is 2. The van der Waals surface area contributed by atoms with E-state index < -0.39 is 17.7 Å². The Kier molecular flexibility index (Phi) is 5.06. The van der Waals surface area contributed by atoms with Gasteiger partial charge in [0.1, 0.15) is 11.5 Å². The molecule has 4 rings (SSSR count). The van der Waals surface area contributed by atoms with Crippen LogP contribution in [0.4, 0.5) is 5.69 Å². The molecule has 0 radical (unpaired) electrons. The number of Topliss-reactive ketones (excluding diaryl/α,β-unsaturated/α-hetero) is 1. The van der Waals surface area contributed by atoms with Crippen molar-refractivity contribution in [2.45, 2.75) is 13.0 Å². The SMILES string of the molecule is COc1ccc(/C(O)=C2/C(=O)C(=O)N(c3ccccc3)C2c2cccnc2)c(C)c1. The fourth-order valence-electron chi connectivity index (χ4n) is 3.71. The van der Waals surface area contributed by atoms with Gasteiger partial charge in [0.2, 0.25) is 0 Å². The standard InChI is InChI=1S/C24H20N2O4/c1-15-13-18(30-2)10-11-19(15)22(27)20-21(16-7-6-12-25-14-16)26(24(29)23(20)28)17-8-4-3-5-9-17/h3-14,21,27H,1-2H3/b22-20-. The smallest absolute Gasteiger partial charge is 0.300 e. The van der Waals surface area contributed by atoms with E-state index in [9.17, 15) is 14.7 Å². The van der Waals surface area contributed by atoms with Gasteiger partial charge in [0.25, 0.3) is 11.7 Å². The molecule has 150 valence electrons. The van der Waals surface area contributed by atoms with Crippen molar-refractivity contribution < 1.29 is 19.4 Å². The van der Waals surface area contributed by atoms with Crippen molar-refractivity contribution in [1.82, 2.24) is 4.98 Å². The number of aromatic nitrogens is 1. The van der Waals surface area contributed by atoms with E-state index in [2.05, 4.69) is 4.98 Å². The van der Waals surface area contributed by atoms with Crippen LogP contribution >= 0.6 is 0 Å². The molecule has 30 heavy (non-hydrogen) atoms. The lowest BCUT2D eigenvalue weighted by Crippen LogP contribution is -2.29. The van der Waals surface area contributed by atoms with Crippen LogP contribution < -0.4 is 9.64 Å². The highest BCUT2D eigenvalue weighted by Gasteiger charge is 2.47. The number of hydrogen-bond acceptors (Lipinski definition) is 5. The number of amides is 1. The van der Waals surface area contributed by atoms with Crippen LogP contribution in [-0.2, 0) is 9.59 Å². The fourth-order valence-corrected chi connectivity index (χ4v) is 3.71. The van der Waals surface area contributed by atoms with Crippen molar-refractivity contribution in [2.24, 2.45) is 0 Å². The highest BCUT2D eigenvalue weighted by molar-refractivity contribution is 6.51. The number of rotatable bonds is 4. The van der Waals surface area contributed by atoms with E-state index >= 15 is 0 Å². The van der Waals surface area contributed by atoms with Crippen molar-refractivity contribution in [3.63, 3.8) is 0 Å². The van der Waals surface area contributed by atoms with Crippen molar-refractivity contribution in [2.75, 3.05) is 12.0 Å². The van der Waals surface area contributed by atoms with Gasteiger partial charge in [0, 0.05) is 23.6 Å². The van der Waals surface area contributed by atoms with Gasteiger partial charge in [-0.25, -0.2) is 0 Å². The van der Waals surface area contributed by atoms with E-state index in [1.165, 1.54) is 4.90 Å². The summed E-state index contributed by atoms with van der Waals surface area (Å²) in [5, 5.41) is 11.2. The largest absolute Gasteiger partial charge is 0.507 e. The molecule has 2 aromatic carbocycles. The lowest BCUT2D eigenvalue weighted by molar-refractivity contribution is -0.132. The lowest BCUT2D eigenvalue weighted by atomic mass is 9.94. The first-order valence-electron chi connectivity index (χ1n) is 9.44. The molecule has 1 fully saturated rings. The van der Waals surface area contributed by atoms with Crippen LogP contribution in [0, 0.1) is 6.92 Å². The number of ketones is 1. The summed E-state index contributed by atoms with van der Waals surface area (Å²) in [5.41, 5.74) is 2.43. The highest BCUT2D eigenvalue weighted by Crippen LogP contribution is 2.42. The molecule has 3 aromatic rings. The summed E-state index contributed by atoms with van der Waals surface area (Å²) in [6.07, 6.45) is 3.21. The van der Waals surface area contributed by atoms with E-state index in [1.807, 2.05) is 13.0 Å². The van der Waals surface area contributed by atoms with E-state index in [4.69, 9.17) is 4.74 Å². The molecular formula is C24H20N2O4. The van der Waals surface area contributed by atoms with Gasteiger partial charge in [-0.15, -0.1) is 0 Å². The first-order valence-corrected chi connectivity index (χ1v) is 9.44. The van der Waals surface area contributed by atoms with E-state index in [0.717, 1.165) is 5.56 Å². The molecule has 2 heterocycles. The third-order valence-corrected chi connectivity index (χ3v) is 5.17. The van der Waals surface area contributed by atoms with Gasteiger partial charge < -0.3 is 9.84 Å². The number of aliphatic hydroxyl groups excluding tert-OH is 1. The summed E-state index contributed by atoms with van der Waals surface area (Å²) in [6, 6.07) is 16.8. The van der Waals surface area contributed by atoms with Gasteiger partial charge in [-0.3, -0.25) is 19.5 Å². The number of hydrogen-bond donors (Lipinski definition) is 1. The van der Waals surface area contributed by atoms with Gasteiger partial charge >= 0.3 is 0 Å². The third kappa shape index (κ3) is 3.22. The predicted molar refractivity (Wildman–Crippen MR) is 113 cm³/mol. The Balaban J connectivity index is 1.94. The Morgan fingerprint density at radius 1 is 1.07 bits per heavy atom. The van der Waals surface area contributed by atoms with Gasteiger partial charge in [0.15, 0.2) is 0 Å². The summed E-state index contributed by atoms with van der Waals surface area (Å²) in [6.45, 7) is 1.81. The number of carbonyl (C=O) groups is 2. The van der Waals surface area contributed by atoms with Gasteiger partial charge in [-0.1, -0.05) is 24.3 Å². The second-order valence-corrected chi connectivity index (χ2v) is 6.97. The number of methoxy groups -OCH3 is 1. The van der Waals surface area contributed by atoms with E-state index in [1.54, 1.807) is 74.1 Å². The van der Waals surface area contributed by atoms with Crippen LogP contribution in [-0.4, -0.2) is 28.9 Å². The second-order valence-electron chi connectivity index (χ2n) is 6.97. The Morgan fingerprint density at radius 3 is 2.47 bits per heavy atom. The topological polar surface area (TPSA) is 79.7 Å². The van der Waals surface area contributed by atoms with Gasteiger partial charge in [-0.2, -0.15) is 0 Å². The maximum atomic E-state index is 13.1. The first kappa shape index (κ1) is 19.4. The number of aliphatic hydroxyl groups is 1. The molecule has 0 saturated carbocycles. The summed E-state index contributed by atoms with van der Waals surface area (Å²) in [5.74, 6) is -1.01. The van der Waals surface area contributed by atoms with E-state index in [0.29, 0.717) is 22.6 Å². The van der Waals surface area contributed by atoms with Crippen LogP contribution in [0.3, 0.4) is 0 Å². The average Bonchev–Trinajstić information content (AvgIpc) is 3.05. The maximum absolute atomic E-state index is 13.1. The monoisotopic (exact) mass is 400 g/mol. The highest BCUT2D eigenvalue weighted by atomic mass is 16.5. The molecule has 0 bridgehead atoms. The Labute approximate surface area is 174 Å². The molecule has 0 spiro atoms. The van der Waals surface area contributed by atoms with Crippen LogP contribution in [0.2, 0.25) is 0 Å². The second kappa shape index (κ2) is 7.83. The molecule has 0 aliphatic carbocycles. The molecule has 6 heteroatoms. The number of pyridine rings is 1. The van der Waals surface area contributed by atoms with Crippen molar-refractivity contribution >= 4 is 23.1 Å². The summed E-state index contributed by atoms with van der Waals surface area (Å²) < 4.78 is 5.22. The number of nitrogens with zero attached hydrogens (tertiary/aromatic N) is 2. The normalized spacial score (nSPS) is 17.9. The van der Waals surface area contributed by atoms with Crippen molar-refractivity contribution in [3.8, 4) is 5.75 Å². The molecule has 1 N–H and O–H groups in total.